The average Bonchev–Trinajstić information content (AvgIpc) is 2.79. The number of hydrogen-bond donors (Lipinski definition) is 2. The number of benzene rings is 4. The summed E-state index contributed by atoms with van der Waals surface area (Å²) in [5.74, 6) is -0.106. The van der Waals surface area contributed by atoms with Gasteiger partial charge in [-0.3, -0.25) is 4.79 Å². The molecule has 0 heterocycles. The predicted octanol–water partition coefficient (Wildman–Crippen LogP) is 6.77. The van der Waals surface area contributed by atoms with Crippen molar-refractivity contribution in [2.45, 2.75) is 18.2 Å². The number of nitrogens with one attached hydrogen (secondary N) is 2. The molecular weight excluding hydrogens is 376 g/mol. The van der Waals surface area contributed by atoms with Gasteiger partial charge in [-0.1, -0.05) is 61.5 Å². The van der Waals surface area contributed by atoms with E-state index in [0.29, 0.717) is 5.56 Å². The Hall–Kier alpha value is -3.24. The highest BCUT2D eigenvalue weighted by atomic mass is 32.2. The first-order chi connectivity index (χ1) is 14.2. The number of rotatable bonds is 6. The summed E-state index contributed by atoms with van der Waals surface area (Å²) in [5, 5.41) is 5.16. The Balaban J connectivity index is 1.57. The molecule has 0 atom stereocenters. The molecule has 0 saturated heterocycles. The van der Waals surface area contributed by atoms with Crippen LogP contribution >= 0.6 is 11.9 Å². The van der Waals surface area contributed by atoms with Crippen LogP contribution in [0.3, 0.4) is 0 Å². The first-order valence-corrected chi connectivity index (χ1v) is 10.5. The summed E-state index contributed by atoms with van der Waals surface area (Å²) < 4.78 is 3.42. The quantitative estimate of drug-likeness (QED) is 0.352. The molecular formula is C25H22N2OS. The van der Waals surface area contributed by atoms with Gasteiger partial charge >= 0.3 is 0 Å². The van der Waals surface area contributed by atoms with Crippen LogP contribution in [0.25, 0.3) is 10.8 Å². The molecule has 0 aromatic heterocycles. The summed E-state index contributed by atoms with van der Waals surface area (Å²) in [6, 6.07) is 29.9. The molecule has 0 saturated carbocycles. The summed E-state index contributed by atoms with van der Waals surface area (Å²) in [7, 11) is 0. The van der Waals surface area contributed by atoms with Crippen LogP contribution in [-0.2, 0) is 6.42 Å². The van der Waals surface area contributed by atoms with Crippen molar-refractivity contribution in [2.75, 3.05) is 10.0 Å². The maximum Gasteiger partial charge on any atom is 0.255 e. The van der Waals surface area contributed by atoms with Crippen LogP contribution in [-0.4, -0.2) is 5.91 Å². The van der Waals surface area contributed by atoms with Gasteiger partial charge in [0.2, 0.25) is 0 Å². The minimum Gasteiger partial charge on any atom is -0.326 e. The van der Waals surface area contributed by atoms with Gasteiger partial charge in [0, 0.05) is 27.2 Å². The van der Waals surface area contributed by atoms with E-state index in [-0.39, 0.29) is 5.91 Å². The maximum atomic E-state index is 12.6. The second kappa shape index (κ2) is 8.84. The van der Waals surface area contributed by atoms with E-state index in [1.807, 2.05) is 60.7 Å². The molecule has 144 valence electrons. The van der Waals surface area contributed by atoms with Crippen molar-refractivity contribution in [1.29, 1.82) is 0 Å². The van der Waals surface area contributed by atoms with Gasteiger partial charge in [0.15, 0.2) is 0 Å². The highest BCUT2D eigenvalue weighted by Crippen LogP contribution is 2.33. The largest absolute Gasteiger partial charge is 0.326 e. The Morgan fingerprint density at radius 3 is 2.21 bits per heavy atom. The summed E-state index contributed by atoms with van der Waals surface area (Å²) in [5.41, 5.74) is 3.85. The molecule has 0 fully saturated rings. The van der Waals surface area contributed by atoms with Crippen molar-refractivity contribution in [3.8, 4) is 0 Å². The second-order valence-corrected chi connectivity index (χ2v) is 7.58. The summed E-state index contributed by atoms with van der Waals surface area (Å²) >= 11 is 1.58. The number of anilines is 2. The molecule has 4 aromatic carbocycles. The Labute approximate surface area is 175 Å². The number of fused-ring (bicyclic) bond motifs is 1. The fourth-order valence-electron chi connectivity index (χ4n) is 3.18. The molecule has 0 aliphatic heterocycles. The molecule has 1 amide bonds. The lowest BCUT2D eigenvalue weighted by atomic mass is 10.1. The molecule has 2 N–H and O–H groups in total. The zero-order valence-corrected chi connectivity index (χ0v) is 17.0. The summed E-state index contributed by atoms with van der Waals surface area (Å²) in [6.07, 6.45) is 1.04. The molecule has 0 aliphatic carbocycles. The van der Waals surface area contributed by atoms with Gasteiger partial charge in [-0.25, -0.2) is 0 Å². The van der Waals surface area contributed by atoms with Gasteiger partial charge < -0.3 is 10.0 Å². The van der Waals surface area contributed by atoms with Crippen LogP contribution in [0.2, 0.25) is 0 Å². The monoisotopic (exact) mass is 398 g/mol. The van der Waals surface area contributed by atoms with Crippen LogP contribution < -0.4 is 10.0 Å². The zero-order chi connectivity index (χ0) is 20.1. The standard InChI is InChI=1S/C25H22N2OS/c1-2-18-12-14-20(15-13-18)27-29-24-17-16-23(21-10-6-7-11-22(21)24)26-25(28)19-8-4-3-5-9-19/h3-17,27H,2H2,1H3,(H,26,28). The van der Waals surface area contributed by atoms with Crippen molar-refractivity contribution >= 4 is 40.0 Å². The van der Waals surface area contributed by atoms with Gasteiger partial charge in [-0.2, -0.15) is 0 Å². The maximum absolute atomic E-state index is 12.6. The number of hydrogen-bond acceptors (Lipinski definition) is 3. The van der Waals surface area contributed by atoms with E-state index in [2.05, 4.69) is 47.3 Å². The molecule has 0 unspecified atom stereocenters. The van der Waals surface area contributed by atoms with Crippen LogP contribution in [0.15, 0.2) is 95.9 Å². The molecule has 0 bridgehead atoms. The molecule has 4 aromatic rings. The zero-order valence-electron chi connectivity index (χ0n) is 16.2. The van der Waals surface area contributed by atoms with Crippen molar-refractivity contribution < 1.29 is 4.79 Å². The van der Waals surface area contributed by atoms with Gasteiger partial charge in [-0.15, -0.1) is 0 Å². The highest BCUT2D eigenvalue weighted by Gasteiger charge is 2.10. The Morgan fingerprint density at radius 1 is 0.793 bits per heavy atom. The van der Waals surface area contributed by atoms with Crippen LogP contribution in [0.4, 0.5) is 11.4 Å². The molecule has 0 radical (unpaired) electrons. The SMILES string of the molecule is CCc1ccc(NSc2ccc(NC(=O)c3ccccc3)c3ccccc23)cc1. The number of aryl methyl sites for hydroxylation is 1. The van der Waals surface area contributed by atoms with Gasteiger partial charge in [0.05, 0.1) is 0 Å². The molecule has 4 heteroatoms. The minimum atomic E-state index is -0.106. The molecule has 29 heavy (non-hydrogen) atoms. The molecule has 3 nitrogen and oxygen atoms in total. The Kier molecular flexibility index (Phi) is 5.82. The van der Waals surface area contributed by atoms with E-state index >= 15 is 0 Å². The molecule has 0 spiro atoms. The first-order valence-electron chi connectivity index (χ1n) is 9.64. The number of carbonyl (C=O) groups is 1. The summed E-state index contributed by atoms with van der Waals surface area (Å²) in [6.45, 7) is 2.15. The fraction of sp³-hybridized carbons (Fsp3) is 0.0800. The van der Waals surface area contributed by atoms with Crippen molar-refractivity contribution in [3.05, 3.63) is 102 Å². The minimum absolute atomic E-state index is 0.106. The van der Waals surface area contributed by atoms with Crippen molar-refractivity contribution in [1.82, 2.24) is 0 Å². The van der Waals surface area contributed by atoms with Gasteiger partial charge in [0.1, 0.15) is 0 Å². The second-order valence-electron chi connectivity index (χ2n) is 6.73. The van der Waals surface area contributed by atoms with Crippen LogP contribution in [0, 0.1) is 0 Å². The van der Waals surface area contributed by atoms with Crippen LogP contribution in [0.1, 0.15) is 22.8 Å². The first kappa shape index (κ1) is 19.1. The number of carbonyl (C=O) groups excluding carboxylic acids is 1. The van der Waals surface area contributed by atoms with E-state index < -0.39 is 0 Å². The third kappa shape index (κ3) is 4.44. The Bertz CT molecular complexity index is 1120. The van der Waals surface area contributed by atoms with Crippen LogP contribution in [0.5, 0.6) is 0 Å². The highest BCUT2D eigenvalue weighted by molar-refractivity contribution is 8.00. The smallest absolute Gasteiger partial charge is 0.255 e. The van der Waals surface area contributed by atoms with E-state index in [9.17, 15) is 4.79 Å². The van der Waals surface area contributed by atoms with Gasteiger partial charge in [-0.05, 0) is 65.7 Å². The lowest BCUT2D eigenvalue weighted by molar-refractivity contribution is 0.102. The summed E-state index contributed by atoms with van der Waals surface area (Å²) in [4.78, 5) is 13.7. The van der Waals surface area contributed by atoms with Gasteiger partial charge in [0.25, 0.3) is 5.91 Å². The Morgan fingerprint density at radius 2 is 1.48 bits per heavy atom. The lowest BCUT2D eigenvalue weighted by Gasteiger charge is -2.13. The third-order valence-electron chi connectivity index (χ3n) is 4.81. The number of amides is 1. The third-order valence-corrected chi connectivity index (χ3v) is 5.72. The lowest BCUT2D eigenvalue weighted by Crippen LogP contribution is -2.12. The van der Waals surface area contributed by atoms with E-state index in [0.717, 1.165) is 33.5 Å². The normalized spacial score (nSPS) is 10.7. The van der Waals surface area contributed by atoms with E-state index in [1.54, 1.807) is 11.9 Å². The average molecular weight is 399 g/mol. The molecule has 4 rings (SSSR count). The fourth-order valence-corrected chi connectivity index (χ4v) is 3.96. The predicted molar refractivity (Wildman–Crippen MR) is 124 cm³/mol. The van der Waals surface area contributed by atoms with Crippen molar-refractivity contribution in [3.63, 3.8) is 0 Å². The van der Waals surface area contributed by atoms with E-state index in [1.165, 1.54) is 5.56 Å². The topological polar surface area (TPSA) is 41.1 Å². The van der Waals surface area contributed by atoms with E-state index in [4.69, 9.17) is 0 Å². The van der Waals surface area contributed by atoms with Crippen molar-refractivity contribution in [2.24, 2.45) is 0 Å². The molecule has 0 aliphatic rings.